The molecule has 0 radical (unpaired) electrons. The lowest BCUT2D eigenvalue weighted by Gasteiger charge is -2.34. The van der Waals surface area contributed by atoms with Gasteiger partial charge in [0.15, 0.2) is 5.69 Å². The van der Waals surface area contributed by atoms with Crippen LogP contribution in [0, 0.1) is 0 Å². The first-order chi connectivity index (χ1) is 14.8. The Bertz CT molecular complexity index is 1020. The van der Waals surface area contributed by atoms with E-state index in [1.165, 1.54) is 29.7 Å². The van der Waals surface area contributed by atoms with Gasteiger partial charge < -0.3 is 14.5 Å². The third-order valence-electron chi connectivity index (χ3n) is 5.20. The van der Waals surface area contributed by atoms with Crippen LogP contribution < -0.4 is 9.64 Å². The highest BCUT2D eigenvalue weighted by Crippen LogP contribution is 2.23. The van der Waals surface area contributed by atoms with Gasteiger partial charge >= 0.3 is 0 Å². The number of sulfonamides is 1. The molecule has 1 aliphatic rings. The van der Waals surface area contributed by atoms with Gasteiger partial charge in [-0.25, -0.2) is 18.4 Å². The Morgan fingerprint density at radius 2 is 1.74 bits per heavy atom. The van der Waals surface area contributed by atoms with Gasteiger partial charge in [-0.2, -0.15) is 4.31 Å². The molecule has 0 unspecified atom stereocenters. The largest absolute Gasteiger partial charge is 0.497 e. The van der Waals surface area contributed by atoms with Gasteiger partial charge in [0.2, 0.25) is 16.0 Å². The van der Waals surface area contributed by atoms with E-state index in [4.69, 9.17) is 16.3 Å². The number of halogens is 1. The third kappa shape index (κ3) is 4.91. The number of ether oxygens (including phenoxy) is 1. The first-order valence-electron chi connectivity index (χ1n) is 10.0. The number of piperazine rings is 1. The summed E-state index contributed by atoms with van der Waals surface area (Å²) in [5, 5.41) is 0.175. The molecule has 1 aliphatic heterocycles. The average Bonchev–Trinajstić information content (AvgIpc) is 2.80. The first-order valence-corrected chi connectivity index (χ1v) is 11.8. The average molecular weight is 468 g/mol. The molecule has 11 heteroatoms. The second-order valence-corrected chi connectivity index (χ2v) is 9.26. The van der Waals surface area contributed by atoms with Crippen LogP contribution in [-0.2, 0) is 10.0 Å². The number of carbonyl (C=O) groups excluding carboxylic acids is 1. The summed E-state index contributed by atoms with van der Waals surface area (Å²) < 4.78 is 32.3. The standard InChI is InChI=1S/C20H26ClN5O4S/c1-4-24(5-2)20-22-14-17(21)18(23-20)19(27)25-10-12-26(13-11-25)31(28,29)16-8-6-15(30-3)7-9-16/h6-9,14H,4-5,10-13H2,1-3H3. The molecule has 1 fully saturated rings. The number of amides is 1. The quantitative estimate of drug-likeness (QED) is 0.615. The van der Waals surface area contributed by atoms with Gasteiger partial charge in [-0.05, 0) is 38.1 Å². The molecule has 1 saturated heterocycles. The van der Waals surface area contributed by atoms with Crippen LogP contribution in [0.15, 0.2) is 35.4 Å². The highest BCUT2D eigenvalue weighted by molar-refractivity contribution is 7.89. The summed E-state index contributed by atoms with van der Waals surface area (Å²) in [7, 11) is -2.13. The molecule has 1 aromatic heterocycles. The molecular weight excluding hydrogens is 442 g/mol. The van der Waals surface area contributed by atoms with Crippen LogP contribution in [0.5, 0.6) is 5.75 Å². The highest BCUT2D eigenvalue weighted by Gasteiger charge is 2.31. The van der Waals surface area contributed by atoms with Gasteiger partial charge in [-0.15, -0.1) is 0 Å². The van der Waals surface area contributed by atoms with Gasteiger partial charge in [0.1, 0.15) is 5.75 Å². The number of rotatable bonds is 7. The molecule has 0 atom stereocenters. The first kappa shape index (κ1) is 23.2. The van der Waals surface area contributed by atoms with Gasteiger partial charge in [-0.1, -0.05) is 11.6 Å². The summed E-state index contributed by atoms with van der Waals surface area (Å²) in [5.74, 6) is 0.695. The van der Waals surface area contributed by atoms with Crippen LogP contribution in [0.25, 0.3) is 0 Å². The Morgan fingerprint density at radius 3 is 2.29 bits per heavy atom. The predicted molar refractivity (Wildman–Crippen MR) is 118 cm³/mol. The Morgan fingerprint density at radius 1 is 1.13 bits per heavy atom. The number of aromatic nitrogens is 2. The van der Waals surface area contributed by atoms with E-state index in [2.05, 4.69) is 9.97 Å². The van der Waals surface area contributed by atoms with Crippen LogP contribution in [0.1, 0.15) is 24.3 Å². The summed E-state index contributed by atoms with van der Waals surface area (Å²) in [6.07, 6.45) is 1.43. The highest BCUT2D eigenvalue weighted by atomic mass is 35.5. The number of hydrogen-bond acceptors (Lipinski definition) is 7. The van der Waals surface area contributed by atoms with E-state index in [-0.39, 0.29) is 47.7 Å². The number of carbonyl (C=O) groups is 1. The molecule has 1 aromatic carbocycles. The molecule has 0 bridgehead atoms. The second kappa shape index (κ2) is 9.80. The van der Waals surface area contributed by atoms with Crippen molar-refractivity contribution in [3.63, 3.8) is 0 Å². The van der Waals surface area contributed by atoms with E-state index in [1.807, 2.05) is 18.7 Å². The van der Waals surface area contributed by atoms with E-state index >= 15 is 0 Å². The van der Waals surface area contributed by atoms with E-state index in [9.17, 15) is 13.2 Å². The van der Waals surface area contributed by atoms with Crippen LogP contribution in [0.2, 0.25) is 5.02 Å². The van der Waals surface area contributed by atoms with Crippen molar-refractivity contribution in [1.82, 2.24) is 19.2 Å². The number of hydrogen-bond donors (Lipinski definition) is 0. The van der Waals surface area contributed by atoms with Crippen molar-refractivity contribution < 1.29 is 17.9 Å². The van der Waals surface area contributed by atoms with Crippen molar-refractivity contribution in [3.8, 4) is 5.75 Å². The lowest BCUT2D eigenvalue weighted by Crippen LogP contribution is -2.50. The van der Waals surface area contributed by atoms with Crippen molar-refractivity contribution in [3.05, 3.63) is 41.2 Å². The van der Waals surface area contributed by atoms with Crippen LogP contribution in [0.3, 0.4) is 0 Å². The second-order valence-electron chi connectivity index (χ2n) is 6.91. The van der Waals surface area contributed by atoms with Gasteiger partial charge in [0.05, 0.1) is 23.2 Å². The van der Waals surface area contributed by atoms with Gasteiger partial charge in [0, 0.05) is 39.3 Å². The van der Waals surface area contributed by atoms with E-state index in [0.717, 1.165) is 0 Å². The maximum atomic E-state index is 13.0. The molecule has 0 N–H and O–H groups in total. The molecule has 3 rings (SSSR count). The maximum Gasteiger partial charge on any atom is 0.274 e. The molecule has 9 nitrogen and oxygen atoms in total. The van der Waals surface area contributed by atoms with Crippen molar-refractivity contribution in [2.45, 2.75) is 18.7 Å². The number of benzene rings is 1. The van der Waals surface area contributed by atoms with E-state index < -0.39 is 10.0 Å². The van der Waals surface area contributed by atoms with Gasteiger partial charge in [-0.3, -0.25) is 4.79 Å². The van der Waals surface area contributed by atoms with E-state index in [0.29, 0.717) is 24.8 Å². The molecule has 0 spiro atoms. The van der Waals surface area contributed by atoms with Crippen LogP contribution in [-0.4, -0.2) is 79.9 Å². The van der Waals surface area contributed by atoms with Gasteiger partial charge in [0.25, 0.3) is 5.91 Å². The van der Waals surface area contributed by atoms with Crippen molar-refractivity contribution >= 4 is 33.5 Å². The zero-order valence-electron chi connectivity index (χ0n) is 17.8. The summed E-state index contributed by atoms with van der Waals surface area (Å²) in [6, 6.07) is 6.25. The summed E-state index contributed by atoms with van der Waals surface area (Å²) in [5.41, 5.74) is 0.130. The number of methoxy groups -OCH3 is 1. The fourth-order valence-corrected chi connectivity index (χ4v) is 4.94. The molecule has 2 aromatic rings. The fraction of sp³-hybridized carbons (Fsp3) is 0.450. The molecule has 31 heavy (non-hydrogen) atoms. The summed E-state index contributed by atoms with van der Waals surface area (Å²) >= 11 is 6.20. The van der Waals surface area contributed by atoms with E-state index in [1.54, 1.807) is 17.0 Å². The normalized spacial score (nSPS) is 15.0. The molecule has 0 aliphatic carbocycles. The number of nitrogens with zero attached hydrogens (tertiary/aromatic N) is 5. The minimum absolute atomic E-state index is 0.130. The minimum atomic E-state index is -3.65. The minimum Gasteiger partial charge on any atom is -0.497 e. The fourth-order valence-electron chi connectivity index (χ4n) is 3.34. The lowest BCUT2D eigenvalue weighted by molar-refractivity contribution is 0.0692. The lowest BCUT2D eigenvalue weighted by atomic mass is 10.3. The molecule has 168 valence electrons. The molecule has 2 heterocycles. The SMILES string of the molecule is CCN(CC)c1ncc(Cl)c(C(=O)N2CCN(S(=O)(=O)c3ccc(OC)cc3)CC2)n1. The maximum absolute atomic E-state index is 13.0. The Hall–Kier alpha value is -2.43. The monoisotopic (exact) mass is 467 g/mol. The van der Waals surface area contributed by atoms with Crippen LogP contribution >= 0.6 is 11.6 Å². The van der Waals surface area contributed by atoms with Crippen molar-refractivity contribution in [1.29, 1.82) is 0 Å². The predicted octanol–water partition coefficient (Wildman–Crippen LogP) is 2.13. The zero-order valence-corrected chi connectivity index (χ0v) is 19.4. The molecular formula is C20H26ClN5O4S. The smallest absolute Gasteiger partial charge is 0.274 e. The molecule has 1 amide bonds. The summed E-state index contributed by atoms with van der Waals surface area (Å²) in [4.78, 5) is 25.3. The van der Waals surface area contributed by atoms with Crippen LogP contribution in [0.4, 0.5) is 5.95 Å². The third-order valence-corrected chi connectivity index (χ3v) is 7.39. The number of anilines is 1. The Balaban J connectivity index is 1.72. The molecule has 0 saturated carbocycles. The summed E-state index contributed by atoms with van der Waals surface area (Å²) in [6.45, 7) is 6.22. The Kier molecular flexibility index (Phi) is 7.34. The topological polar surface area (TPSA) is 95.9 Å². The van der Waals surface area contributed by atoms with Crippen molar-refractivity contribution in [2.75, 3.05) is 51.3 Å². The Labute approximate surface area is 187 Å². The van der Waals surface area contributed by atoms with Crippen molar-refractivity contribution in [2.24, 2.45) is 0 Å². The zero-order chi connectivity index (χ0) is 22.6.